The van der Waals surface area contributed by atoms with Gasteiger partial charge in [0.25, 0.3) is 0 Å². The van der Waals surface area contributed by atoms with Gasteiger partial charge in [0.15, 0.2) is 4.96 Å². The molecule has 0 saturated heterocycles. The van der Waals surface area contributed by atoms with Gasteiger partial charge >= 0.3 is 0 Å². The molecule has 31 heavy (non-hydrogen) atoms. The van der Waals surface area contributed by atoms with Gasteiger partial charge in [-0.1, -0.05) is 24.3 Å². The number of carbonyl (C=O) groups excluding carboxylic acids is 1. The Kier molecular flexibility index (Phi) is 5.86. The number of rotatable bonds is 7. The van der Waals surface area contributed by atoms with Crippen molar-refractivity contribution >= 4 is 32.2 Å². The first kappa shape index (κ1) is 21.2. The molecule has 0 unspecified atom stereocenters. The smallest absolute Gasteiger partial charge is 0.238 e. The summed E-state index contributed by atoms with van der Waals surface area (Å²) >= 11 is 1.44. The molecule has 4 rings (SSSR count). The third-order valence-electron chi connectivity index (χ3n) is 4.78. The number of primary sulfonamides is 1. The van der Waals surface area contributed by atoms with E-state index in [1.165, 1.54) is 29.5 Å². The second-order valence-corrected chi connectivity index (χ2v) is 9.35. The maximum absolute atomic E-state index is 14.0. The second kappa shape index (κ2) is 8.58. The monoisotopic (exact) mass is 458 g/mol. The van der Waals surface area contributed by atoms with Crippen LogP contribution in [0.3, 0.4) is 0 Å². The number of nitrogens with two attached hydrogens (primary N) is 1. The zero-order chi connectivity index (χ0) is 22.0. The number of imidazole rings is 1. The molecule has 160 valence electrons. The van der Waals surface area contributed by atoms with E-state index in [1.807, 2.05) is 9.78 Å². The first-order chi connectivity index (χ1) is 14.8. The number of aromatic nitrogens is 2. The van der Waals surface area contributed by atoms with E-state index in [0.717, 1.165) is 16.2 Å². The molecule has 7 nitrogen and oxygen atoms in total. The van der Waals surface area contributed by atoms with Gasteiger partial charge in [0.05, 0.1) is 10.6 Å². The van der Waals surface area contributed by atoms with Crippen LogP contribution in [0.15, 0.2) is 65.0 Å². The molecule has 4 aromatic rings. The Bertz CT molecular complexity index is 1340. The van der Waals surface area contributed by atoms with Crippen molar-refractivity contribution in [2.45, 2.75) is 24.3 Å². The summed E-state index contributed by atoms with van der Waals surface area (Å²) in [4.78, 5) is 17.5. The van der Waals surface area contributed by atoms with Crippen LogP contribution in [-0.2, 0) is 27.8 Å². The normalized spacial score (nSPS) is 11.7. The van der Waals surface area contributed by atoms with Crippen LogP contribution in [0.1, 0.15) is 17.7 Å². The highest BCUT2D eigenvalue weighted by Crippen LogP contribution is 2.26. The van der Waals surface area contributed by atoms with E-state index < -0.39 is 10.0 Å². The lowest BCUT2D eigenvalue weighted by Crippen LogP contribution is -2.23. The first-order valence-corrected chi connectivity index (χ1v) is 11.8. The zero-order valence-electron chi connectivity index (χ0n) is 16.3. The fourth-order valence-electron chi connectivity index (χ4n) is 3.14. The molecule has 10 heteroatoms. The molecule has 0 spiro atoms. The number of amides is 1. The zero-order valence-corrected chi connectivity index (χ0v) is 17.9. The summed E-state index contributed by atoms with van der Waals surface area (Å²) in [6.07, 6.45) is 2.56. The van der Waals surface area contributed by atoms with Crippen molar-refractivity contribution in [3.63, 3.8) is 0 Å². The summed E-state index contributed by atoms with van der Waals surface area (Å²) in [5, 5.41) is 9.83. The Balaban J connectivity index is 1.37. The number of hydrogen-bond donors (Lipinski definition) is 2. The summed E-state index contributed by atoms with van der Waals surface area (Å²) in [7, 11) is -3.74. The van der Waals surface area contributed by atoms with E-state index in [9.17, 15) is 17.6 Å². The van der Waals surface area contributed by atoms with Gasteiger partial charge in [-0.15, -0.1) is 11.3 Å². The minimum atomic E-state index is -3.74. The van der Waals surface area contributed by atoms with Crippen LogP contribution in [0.25, 0.3) is 16.2 Å². The largest absolute Gasteiger partial charge is 0.352 e. The summed E-state index contributed by atoms with van der Waals surface area (Å²) in [6, 6.07) is 12.5. The quantitative estimate of drug-likeness (QED) is 0.444. The van der Waals surface area contributed by atoms with Crippen LogP contribution in [0.5, 0.6) is 0 Å². The third-order valence-corrected chi connectivity index (χ3v) is 6.60. The predicted octanol–water partition coefficient (Wildman–Crippen LogP) is 3.10. The summed E-state index contributed by atoms with van der Waals surface area (Å²) in [5.74, 6) is -0.462. The van der Waals surface area contributed by atoms with Crippen LogP contribution in [0.2, 0.25) is 0 Å². The fraction of sp³-hybridized carbons (Fsp3) is 0.143. The van der Waals surface area contributed by atoms with Crippen molar-refractivity contribution in [1.82, 2.24) is 14.7 Å². The van der Waals surface area contributed by atoms with Crippen LogP contribution in [0, 0.1) is 5.82 Å². The Labute approximate surface area is 182 Å². The molecule has 0 aliphatic carbocycles. The molecule has 3 N–H and O–H groups in total. The maximum Gasteiger partial charge on any atom is 0.238 e. The molecule has 0 radical (unpaired) electrons. The van der Waals surface area contributed by atoms with E-state index in [4.69, 9.17) is 5.14 Å². The van der Waals surface area contributed by atoms with Crippen LogP contribution < -0.4 is 10.5 Å². The maximum atomic E-state index is 14.0. The molecular formula is C21H19FN4O3S2. The lowest BCUT2D eigenvalue weighted by molar-refractivity contribution is -0.121. The van der Waals surface area contributed by atoms with Crippen molar-refractivity contribution < 1.29 is 17.6 Å². The third kappa shape index (κ3) is 4.82. The lowest BCUT2D eigenvalue weighted by atomic mass is 10.1. The summed E-state index contributed by atoms with van der Waals surface area (Å²) < 4.78 is 38.5. The number of aryl methyl sites for hydroxylation is 1. The number of sulfonamides is 1. The highest BCUT2D eigenvalue weighted by Gasteiger charge is 2.13. The summed E-state index contributed by atoms with van der Waals surface area (Å²) in [5.41, 5.74) is 2.68. The number of halogens is 1. The molecule has 2 heterocycles. The minimum Gasteiger partial charge on any atom is -0.352 e. The number of thiazole rings is 1. The van der Waals surface area contributed by atoms with E-state index in [-0.39, 0.29) is 29.6 Å². The highest BCUT2D eigenvalue weighted by atomic mass is 32.2. The minimum absolute atomic E-state index is 0.0270. The molecule has 0 saturated carbocycles. The number of fused-ring (bicyclic) bond motifs is 1. The number of carbonyl (C=O) groups is 1. The standard InChI is InChI=1S/C21H19FN4O3S2/c22-18-4-2-1-3-17(18)19-12-26-15(13-30-21(26)25-19)7-10-20(27)24-11-14-5-8-16(9-6-14)31(23,28)29/h1-6,8-9,12-13H,7,10-11H2,(H,24,27)(H2,23,28,29). The van der Waals surface area contributed by atoms with Gasteiger partial charge in [-0.05, 0) is 36.2 Å². The number of benzene rings is 2. The molecule has 0 bridgehead atoms. The first-order valence-electron chi connectivity index (χ1n) is 9.40. The van der Waals surface area contributed by atoms with Gasteiger partial charge < -0.3 is 5.32 Å². The van der Waals surface area contributed by atoms with E-state index >= 15 is 0 Å². The molecule has 2 aromatic heterocycles. The number of nitrogens with zero attached hydrogens (tertiary/aromatic N) is 2. The van der Waals surface area contributed by atoms with Gasteiger partial charge in [-0.2, -0.15) is 0 Å². The molecule has 0 fully saturated rings. The fourth-order valence-corrected chi connectivity index (χ4v) is 4.56. The van der Waals surface area contributed by atoms with Crippen LogP contribution in [-0.4, -0.2) is 23.7 Å². The molecular weight excluding hydrogens is 439 g/mol. The molecule has 0 atom stereocenters. The van der Waals surface area contributed by atoms with Crippen molar-refractivity contribution in [2.75, 3.05) is 0 Å². The van der Waals surface area contributed by atoms with Gasteiger partial charge in [-0.3, -0.25) is 9.20 Å². The van der Waals surface area contributed by atoms with E-state index in [1.54, 1.807) is 36.5 Å². The van der Waals surface area contributed by atoms with Gasteiger partial charge in [0.1, 0.15) is 5.82 Å². The predicted molar refractivity (Wildman–Crippen MR) is 116 cm³/mol. The topological polar surface area (TPSA) is 107 Å². The van der Waals surface area contributed by atoms with Gasteiger partial charge in [0.2, 0.25) is 15.9 Å². The van der Waals surface area contributed by atoms with Crippen molar-refractivity contribution in [2.24, 2.45) is 5.14 Å². The Morgan fingerprint density at radius 1 is 1.16 bits per heavy atom. The second-order valence-electron chi connectivity index (χ2n) is 6.95. The molecule has 0 aliphatic heterocycles. The van der Waals surface area contributed by atoms with Crippen molar-refractivity contribution in [3.05, 3.63) is 77.2 Å². The van der Waals surface area contributed by atoms with Crippen LogP contribution in [0.4, 0.5) is 4.39 Å². The highest BCUT2D eigenvalue weighted by molar-refractivity contribution is 7.89. The average Bonchev–Trinajstić information content (AvgIpc) is 3.32. The van der Waals surface area contributed by atoms with Gasteiger partial charge in [0, 0.05) is 35.8 Å². The average molecular weight is 459 g/mol. The molecule has 1 amide bonds. The molecule has 2 aromatic carbocycles. The lowest BCUT2D eigenvalue weighted by Gasteiger charge is -2.06. The Morgan fingerprint density at radius 2 is 1.90 bits per heavy atom. The SMILES string of the molecule is NS(=O)(=O)c1ccc(CNC(=O)CCc2csc3nc(-c4ccccc4F)cn23)cc1. The number of nitrogens with one attached hydrogen (secondary N) is 1. The van der Waals surface area contributed by atoms with E-state index in [2.05, 4.69) is 10.3 Å². The Hall–Kier alpha value is -3.08. The van der Waals surface area contributed by atoms with Crippen molar-refractivity contribution in [1.29, 1.82) is 0 Å². The molecule has 0 aliphatic rings. The van der Waals surface area contributed by atoms with Crippen molar-refractivity contribution in [3.8, 4) is 11.3 Å². The van der Waals surface area contributed by atoms with Crippen LogP contribution >= 0.6 is 11.3 Å². The van der Waals surface area contributed by atoms with E-state index in [0.29, 0.717) is 17.7 Å². The van der Waals surface area contributed by atoms with Gasteiger partial charge in [-0.25, -0.2) is 22.9 Å². The number of hydrogen-bond acceptors (Lipinski definition) is 5. The summed E-state index contributed by atoms with van der Waals surface area (Å²) in [6.45, 7) is 0.283. The Morgan fingerprint density at radius 3 is 2.61 bits per heavy atom.